The monoisotopic (exact) mass is 628 g/mol. The summed E-state index contributed by atoms with van der Waals surface area (Å²) in [5.41, 5.74) is 1.44. The molecule has 0 aliphatic carbocycles. The summed E-state index contributed by atoms with van der Waals surface area (Å²) in [6.45, 7) is -0.00703. The number of alkyl carbamates (subject to hydrolysis) is 1. The molecule has 0 radical (unpaired) electrons. The topological polar surface area (TPSA) is 110 Å². The quantitative estimate of drug-likeness (QED) is 0.265. The van der Waals surface area contributed by atoms with Crippen LogP contribution in [-0.4, -0.2) is 81.9 Å². The highest BCUT2D eigenvalue weighted by Gasteiger charge is 2.29. The lowest BCUT2D eigenvalue weighted by atomic mass is 10.0. The highest BCUT2D eigenvalue weighted by Crippen LogP contribution is 2.23. The SMILES string of the molecule is O=C(NCC(F)(F)F)OC[C@@H]1CO[C@H](CCc2c(F)cccc2NC(=O)[C@H](Cc2ccc(F)cc2)NC2CCOCC2)CN1. The first-order valence-corrected chi connectivity index (χ1v) is 14.5. The number of amides is 2. The summed E-state index contributed by atoms with van der Waals surface area (Å²) in [4.78, 5) is 25.0. The van der Waals surface area contributed by atoms with E-state index in [1.807, 2.05) is 0 Å². The van der Waals surface area contributed by atoms with Crippen molar-refractivity contribution in [2.75, 3.05) is 44.8 Å². The predicted octanol–water partition coefficient (Wildman–Crippen LogP) is 3.86. The molecule has 4 rings (SSSR count). The molecule has 9 nitrogen and oxygen atoms in total. The first-order chi connectivity index (χ1) is 21.1. The highest BCUT2D eigenvalue weighted by molar-refractivity contribution is 5.95. The van der Waals surface area contributed by atoms with E-state index in [4.69, 9.17) is 14.2 Å². The average Bonchev–Trinajstić information content (AvgIpc) is 3.00. The van der Waals surface area contributed by atoms with E-state index < -0.39 is 36.7 Å². The molecule has 2 aliphatic rings. The van der Waals surface area contributed by atoms with E-state index in [2.05, 4.69) is 16.0 Å². The molecule has 2 amide bonds. The Morgan fingerprint density at radius 3 is 2.50 bits per heavy atom. The molecule has 2 heterocycles. The molecular formula is C30H37F5N4O5. The van der Waals surface area contributed by atoms with Gasteiger partial charge in [-0.1, -0.05) is 18.2 Å². The van der Waals surface area contributed by atoms with Crippen molar-refractivity contribution in [3.8, 4) is 0 Å². The number of hydrogen-bond acceptors (Lipinski definition) is 7. The summed E-state index contributed by atoms with van der Waals surface area (Å²) < 4.78 is 81.1. The number of benzene rings is 2. The van der Waals surface area contributed by atoms with Gasteiger partial charge in [-0.2, -0.15) is 13.2 Å². The smallest absolute Gasteiger partial charge is 0.407 e. The summed E-state index contributed by atoms with van der Waals surface area (Å²) in [6, 6.07) is 9.42. The third kappa shape index (κ3) is 11.0. The van der Waals surface area contributed by atoms with Crippen molar-refractivity contribution >= 4 is 17.7 Å². The normalized spacial score (nSPS) is 20.1. The largest absolute Gasteiger partial charge is 0.448 e. The van der Waals surface area contributed by atoms with Gasteiger partial charge in [0.2, 0.25) is 5.91 Å². The Bertz CT molecular complexity index is 1220. The van der Waals surface area contributed by atoms with Crippen LogP contribution in [0, 0.1) is 11.6 Å². The Kier molecular flexibility index (Phi) is 12.3. The average molecular weight is 629 g/mol. The van der Waals surface area contributed by atoms with Gasteiger partial charge in [-0.15, -0.1) is 0 Å². The van der Waals surface area contributed by atoms with Crippen molar-refractivity contribution in [1.82, 2.24) is 16.0 Å². The van der Waals surface area contributed by atoms with Gasteiger partial charge in [-0.25, -0.2) is 13.6 Å². The fourth-order valence-electron chi connectivity index (χ4n) is 5.05. The van der Waals surface area contributed by atoms with Gasteiger partial charge in [0, 0.05) is 37.1 Å². The van der Waals surface area contributed by atoms with Crippen LogP contribution in [0.3, 0.4) is 0 Å². The Morgan fingerprint density at radius 1 is 1.07 bits per heavy atom. The summed E-state index contributed by atoms with van der Waals surface area (Å²) in [5.74, 6) is -1.19. The van der Waals surface area contributed by atoms with Crippen LogP contribution in [-0.2, 0) is 31.8 Å². The third-order valence-corrected chi connectivity index (χ3v) is 7.44. The second-order valence-corrected chi connectivity index (χ2v) is 10.9. The molecule has 0 unspecified atom stereocenters. The second-order valence-electron chi connectivity index (χ2n) is 10.9. The fraction of sp³-hybridized carbons (Fsp3) is 0.533. The lowest BCUT2D eigenvalue weighted by Gasteiger charge is -2.30. The maximum absolute atomic E-state index is 15.0. The maximum atomic E-state index is 15.0. The Morgan fingerprint density at radius 2 is 1.82 bits per heavy atom. The summed E-state index contributed by atoms with van der Waals surface area (Å²) >= 11 is 0. The molecule has 242 valence electrons. The van der Waals surface area contributed by atoms with Crippen molar-refractivity contribution in [1.29, 1.82) is 0 Å². The van der Waals surface area contributed by atoms with E-state index in [1.54, 1.807) is 23.5 Å². The minimum atomic E-state index is -4.54. The minimum Gasteiger partial charge on any atom is -0.448 e. The molecule has 0 aromatic heterocycles. The molecule has 4 N–H and O–H groups in total. The lowest BCUT2D eigenvalue weighted by Crippen LogP contribution is -2.49. The molecule has 2 fully saturated rings. The molecule has 2 aromatic carbocycles. The van der Waals surface area contributed by atoms with Crippen LogP contribution in [0.5, 0.6) is 0 Å². The molecule has 2 aromatic rings. The molecule has 2 saturated heterocycles. The van der Waals surface area contributed by atoms with E-state index >= 15 is 0 Å². The number of halogens is 5. The molecule has 44 heavy (non-hydrogen) atoms. The molecule has 3 atom stereocenters. The van der Waals surface area contributed by atoms with Crippen molar-refractivity contribution in [3.05, 3.63) is 65.2 Å². The van der Waals surface area contributed by atoms with Gasteiger partial charge in [-0.05, 0) is 61.9 Å². The van der Waals surface area contributed by atoms with Gasteiger partial charge < -0.3 is 35.5 Å². The van der Waals surface area contributed by atoms with Crippen molar-refractivity contribution in [2.24, 2.45) is 0 Å². The summed E-state index contributed by atoms with van der Waals surface area (Å²) in [5, 5.41) is 11.0. The van der Waals surface area contributed by atoms with Crippen LogP contribution in [0.25, 0.3) is 0 Å². The van der Waals surface area contributed by atoms with E-state index in [-0.39, 0.29) is 43.5 Å². The Hall–Kier alpha value is -3.33. The van der Waals surface area contributed by atoms with Gasteiger partial charge in [0.05, 0.1) is 24.8 Å². The lowest BCUT2D eigenvalue weighted by molar-refractivity contribution is -0.124. The highest BCUT2D eigenvalue weighted by atomic mass is 19.4. The number of ether oxygens (including phenoxy) is 3. The van der Waals surface area contributed by atoms with Crippen molar-refractivity contribution in [3.63, 3.8) is 0 Å². The number of nitrogens with one attached hydrogen (secondary N) is 4. The predicted molar refractivity (Wildman–Crippen MR) is 151 cm³/mol. The van der Waals surface area contributed by atoms with E-state index in [0.717, 1.165) is 18.4 Å². The molecule has 0 saturated carbocycles. The van der Waals surface area contributed by atoms with Crippen molar-refractivity contribution < 1.29 is 45.8 Å². The molecule has 2 aliphatic heterocycles. The second kappa shape index (κ2) is 16.1. The van der Waals surface area contributed by atoms with Crippen molar-refractivity contribution in [2.45, 2.75) is 62.5 Å². The Labute approximate surface area is 252 Å². The number of hydrogen-bond donors (Lipinski definition) is 4. The summed E-state index contributed by atoms with van der Waals surface area (Å²) in [7, 11) is 0. The van der Waals surface area contributed by atoms with E-state index in [9.17, 15) is 31.5 Å². The minimum absolute atomic E-state index is 0.0615. The zero-order valence-electron chi connectivity index (χ0n) is 24.1. The van der Waals surface area contributed by atoms with E-state index in [0.29, 0.717) is 43.9 Å². The fourth-order valence-corrected chi connectivity index (χ4v) is 5.05. The van der Waals surface area contributed by atoms with Crippen LogP contribution in [0.15, 0.2) is 42.5 Å². The van der Waals surface area contributed by atoms with Gasteiger partial charge in [0.1, 0.15) is 24.8 Å². The van der Waals surface area contributed by atoms with Gasteiger partial charge in [-0.3, -0.25) is 4.79 Å². The zero-order chi connectivity index (χ0) is 31.5. The zero-order valence-corrected chi connectivity index (χ0v) is 24.1. The number of carbonyl (C=O) groups excluding carboxylic acids is 2. The molecule has 0 bridgehead atoms. The third-order valence-electron chi connectivity index (χ3n) is 7.44. The van der Waals surface area contributed by atoms with Crippen LogP contribution < -0.4 is 21.3 Å². The number of anilines is 1. The summed E-state index contributed by atoms with van der Waals surface area (Å²) in [6.07, 6.45) is -3.56. The molecule has 14 heteroatoms. The van der Waals surface area contributed by atoms with Crippen LogP contribution in [0.2, 0.25) is 0 Å². The number of alkyl halides is 3. The molecular weight excluding hydrogens is 591 g/mol. The number of morpholine rings is 1. The van der Waals surface area contributed by atoms with Crippen LogP contribution >= 0.6 is 0 Å². The van der Waals surface area contributed by atoms with Gasteiger partial charge in [0.15, 0.2) is 0 Å². The van der Waals surface area contributed by atoms with E-state index in [1.165, 1.54) is 24.3 Å². The van der Waals surface area contributed by atoms with Crippen LogP contribution in [0.1, 0.15) is 30.4 Å². The first kappa shape index (κ1) is 33.6. The number of carbonyl (C=O) groups is 2. The van der Waals surface area contributed by atoms with Crippen LogP contribution in [0.4, 0.5) is 32.4 Å². The van der Waals surface area contributed by atoms with Gasteiger partial charge in [0.25, 0.3) is 0 Å². The van der Waals surface area contributed by atoms with Gasteiger partial charge >= 0.3 is 12.3 Å². The maximum Gasteiger partial charge on any atom is 0.407 e. The number of rotatable bonds is 12. The standard InChI is InChI=1S/C30H37F5N4O5/c31-20-6-4-19(5-7-20)14-27(38-21-10-12-42-13-11-21)28(40)39-26-3-1-2-25(32)24(26)9-8-23-15-36-22(16-43-23)17-44-29(41)37-18-30(33,34)35/h1-7,21-23,27,36,38H,8-18H2,(H,37,41)(H,39,40)/t22-,23+,27-/m0/s1. The molecule has 0 spiro atoms. The first-order valence-electron chi connectivity index (χ1n) is 14.5. The Balaban J connectivity index is 1.31.